The van der Waals surface area contributed by atoms with E-state index in [9.17, 15) is 0 Å². The highest BCUT2D eigenvalue weighted by Gasteiger charge is 2.22. The zero-order valence-corrected chi connectivity index (χ0v) is 8.76. The van der Waals surface area contributed by atoms with Crippen molar-refractivity contribution >= 4 is 34.3 Å². The molecule has 2 rings (SSSR count). The van der Waals surface area contributed by atoms with Crippen molar-refractivity contribution < 1.29 is 4.74 Å². The molecule has 0 spiro atoms. The minimum atomic E-state index is 0.711. The monoisotopic (exact) mass is 282 g/mol. The first-order valence-corrected chi connectivity index (χ1v) is 5.28. The number of nitrogens with zero attached hydrogens (tertiary/aromatic N) is 2. The van der Waals surface area contributed by atoms with Crippen LogP contribution in [0.5, 0.6) is 5.88 Å². The summed E-state index contributed by atoms with van der Waals surface area (Å²) in [4.78, 5) is 0. The molecule has 0 radical (unpaired) electrons. The van der Waals surface area contributed by atoms with Crippen molar-refractivity contribution in [3.63, 3.8) is 0 Å². The number of halogens is 1. The van der Waals surface area contributed by atoms with E-state index in [4.69, 9.17) is 4.74 Å². The number of hydrogen-bond acceptors (Lipinski definition) is 4. The molecule has 0 aliphatic heterocycles. The Hall–Kier alpha value is 0.0900. The van der Waals surface area contributed by atoms with Crippen LogP contribution in [0.2, 0.25) is 0 Å². The highest BCUT2D eigenvalue weighted by molar-refractivity contribution is 14.1. The molecule has 60 valence electrons. The summed E-state index contributed by atoms with van der Waals surface area (Å²) in [6.45, 7) is 0.821. The molecular formula is C6H7IN2OS. The van der Waals surface area contributed by atoms with Gasteiger partial charge in [0.25, 0.3) is 5.88 Å². The van der Waals surface area contributed by atoms with Crippen molar-refractivity contribution in [1.82, 2.24) is 8.75 Å². The van der Waals surface area contributed by atoms with Crippen LogP contribution in [0.3, 0.4) is 0 Å². The van der Waals surface area contributed by atoms with Gasteiger partial charge in [-0.1, -0.05) is 0 Å². The second-order valence-corrected chi connectivity index (χ2v) is 4.16. The van der Waals surface area contributed by atoms with E-state index < -0.39 is 0 Å². The Morgan fingerprint density at radius 3 is 2.91 bits per heavy atom. The normalized spacial score (nSPS) is 16.8. The van der Waals surface area contributed by atoms with Crippen LogP contribution >= 0.6 is 34.3 Å². The number of rotatable bonds is 3. The van der Waals surface area contributed by atoms with Crippen LogP contribution in [-0.4, -0.2) is 15.4 Å². The molecular weight excluding hydrogens is 275 g/mol. The summed E-state index contributed by atoms with van der Waals surface area (Å²) in [6, 6.07) is 0. The largest absolute Gasteiger partial charge is 0.475 e. The molecule has 0 unspecified atom stereocenters. The molecule has 11 heavy (non-hydrogen) atoms. The third-order valence-corrected chi connectivity index (χ3v) is 3.12. The molecule has 1 aliphatic rings. The fraction of sp³-hybridized carbons (Fsp3) is 0.667. The van der Waals surface area contributed by atoms with Crippen LogP contribution in [0.1, 0.15) is 12.8 Å². The van der Waals surface area contributed by atoms with Gasteiger partial charge in [0, 0.05) is 0 Å². The van der Waals surface area contributed by atoms with Crippen LogP contribution in [-0.2, 0) is 0 Å². The Labute approximate surface area is 82.6 Å². The maximum atomic E-state index is 5.43. The first-order valence-electron chi connectivity index (χ1n) is 3.47. The average Bonchev–Trinajstić information content (AvgIpc) is 2.73. The molecule has 0 amide bonds. The molecule has 3 nitrogen and oxygen atoms in total. The lowest BCUT2D eigenvalue weighted by atomic mass is 10.5. The third kappa shape index (κ3) is 2.02. The van der Waals surface area contributed by atoms with E-state index in [1.165, 1.54) is 24.6 Å². The van der Waals surface area contributed by atoms with Gasteiger partial charge in [-0.05, 0) is 41.4 Å². The minimum absolute atomic E-state index is 0.711. The molecule has 1 aromatic rings. The van der Waals surface area contributed by atoms with Crippen LogP contribution in [0.25, 0.3) is 0 Å². The maximum absolute atomic E-state index is 5.43. The van der Waals surface area contributed by atoms with Gasteiger partial charge in [0.1, 0.15) is 0 Å². The van der Waals surface area contributed by atoms with Crippen molar-refractivity contribution in [2.45, 2.75) is 12.8 Å². The van der Waals surface area contributed by atoms with E-state index in [1.807, 2.05) is 0 Å². The number of aromatic nitrogens is 2. The summed E-state index contributed by atoms with van der Waals surface area (Å²) in [5.74, 6) is 1.50. The highest BCUT2D eigenvalue weighted by Crippen LogP contribution is 2.30. The summed E-state index contributed by atoms with van der Waals surface area (Å²) in [5.41, 5.74) is 0. The van der Waals surface area contributed by atoms with Gasteiger partial charge in [-0.2, -0.15) is 4.37 Å². The van der Waals surface area contributed by atoms with Crippen molar-refractivity contribution in [1.29, 1.82) is 0 Å². The van der Waals surface area contributed by atoms with Gasteiger partial charge in [0.15, 0.2) is 3.70 Å². The molecule has 1 aromatic heterocycles. The highest BCUT2D eigenvalue weighted by atomic mass is 127. The van der Waals surface area contributed by atoms with E-state index in [1.54, 1.807) is 0 Å². The minimum Gasteiger partial charge on any atom is -0.475 e. The molecule has 0 N–H and O–H groups in total. The Kier molecular flexibility index (Phi) is 2.26. The Morgan fingerprint density at radius 1 is 1.55 bits per heavy atom. The summed E-state index contributed by atoms with van der Waals surface area (Å²) < 4.78 is 14.3. The molecule has 1 saturated carbocycles. The second-order valence-electron chi connectivity index (χ2n) is 2.61. The van der Waals surface area contributed by atoms with Crippen LogP contribution in [0, 0.1) is 9.62 Å². The van der Waals surface area contributed by atoms with Crippen LogP contribution in [0.15, 0.2) is 0 Å². The van der Waals surface area contributed by atoms with E-state index in [-0.39, 0.29) is 0 Å². The van der Waals surface area contributed by atoms with Gasteiger partial charge in [-0.3, -0.25) is 0 Å². The first-order chi connectivity index (χ1) is 5.36. The fourth-order valence-corrected chi connectivity index (χ4v) is 1.85. The Morgan fingerprint density at radius 2 is 2.36 bits per heavy atom. The van der Waals surface area contributed by atoms with Crippen LogP contribution < -0.4 is 4.74 Å². The summed E-state index contributed by atoms with van der Waals surface area (Å²) >= 11 is 3.34. The molecule has 0 saturated heterocycles. The van der Waals surface area contributed by atoms with Gasteiger partial charge >= 0.3 is 0 Å². The molecule has 0 atom stereocenters. The van der Waals surface area contributed by atoms with E-state index in [0.29, 0.717) is 5.88 Å². The lowest BCUT2D eigenvalue weighted by molar-refractivity contribution is 0.288. The molecule has 5 heteroatoms. The topological polar surface area (TPSA) is 35.0 Å². The third-order valence-electron chi connectivity index (χ3n) is 1.57. The molecule has 1 aliphatic carbocycles. The Balaban J connectivity index is 1.89. The summed E-state index contributed by atoms with van der Waals surface area (Å²) in [7, 11) is 0. The maximum Gasteiger partial charge on any atom is 0.259 e. The summed E-state index contributed by atoms with van der Waals surface area (Å²) in [5, 5.41) is 0. The zero-order chi connectivity index (χ0) is 7.68. The lowest BCUT2D eigenvalue weighted by Gasteiger charge is -1.98. The predicted octanol–water partition coefficient (Wildman–Crippen LogP) is 1.93. The van der Waals surface area contributed by atoms with Crippen molar-refractivity contribution in [2.24, 2.45) is 5.92 Å². The lowest BCUT2D eigenvalue weighted by Crippen LogP contribution is -1.99. The molecule has 1 heterocycles. The van der Waals surface area contributed by atoms with Gasteiger partial charge in [-0.15, -0.1) is 4.37 Å². The predicted molar refractivity (Wildman–Crippen MR) is 50.8 cm³/mol. The average molecular weight is 282 g/mol. The standard InChI is InChI=1S/C6H7IN2OS/c7-5-6(9-11-8-5)10-3-4-1-2-4/h4H,1-3H2. The second kappa shape index (κ2) is 3.22. The Bertz CT molecular complexity index is 248. The SMILES string of the molecule is Ic1nsnc1OCC1CC1. The van der Waals surface area contributed by atoms with Gasteiger partial charge < -0.3 is 4.74 Å². The van der Waals surface area contributed by atoms with Gasteiger partial charge in [0.05, 0.1) is 18.3 Å². The van der Waals surface area contributed by atoms with Crippen molar-refractivity contribution in [2.75, 3.05) is 6.61 Å². The number of hydrogen-bond donors (Lipinski definition) is 0. The first kappa shape index (κ1) is 7.72. The smallest absolute Gasteiger partial charge is 0.259 e. The quantitative estimate of drug-likeness (QED) is 0.795. The molecule has 1 fully saturated rings. The zero-order valence-electron chi connectivity index (χ0n) is 5.79. The molecule has 0 aromatic carbocycles. The summed E-state index contributed by atoms with van der Waals surface area (Å²) in [6.07, 6.45) is 2.63. The molecule has 0 bridgehead atoms. The van der Waals surface area contributed by atoms with Crippen molar-refractivity contribution in [3.8, 4) is 5.88 Å². The van der Waals surface area contributed by atoms with Gasteiger partial charge in [-0.25, -0.2) is 0 Å². The van der Waals surface area contributed by atoms with Gasteiger partial charge in [0.2, 0.25) is 0 Å². The van der Waals surface area contributed by atoms with Crippen LogP contribution in [0.4, 0.5) is 0 Å². The van der Waals surface area contributed by atoms with Crippen molar-refractivity contribution in [3.05, 3.63) is 3.70 Å². The van der Waals surface area contributed by atoms with E-state index >= 15 is 0 Å². The fourth-order valence-electron chi connectivity index (χ4n) is 0.737. The number of ether oxygens (including phenoxy) is 1. The van der Waals surface area contributed by atoms with E-state index in [2.05, 4.69) is 31.3 Å². The van der Waals surface area contributed by atoms with E-state index in [0.717, 1.165) is 16.2 Å².